The van der Waals surface area contributed by atoms with Crippen LogP contribution in [-0.2, 0) is 9.59 Å². The van der Waals surface area contributed by atoms with Crippen LogP contribution in [0.5, 0.6) is 5.75 Å². The molecule has 1 aromatic carbocycles. The first-order chi connectivity index (χ1) is 16.3. The molecule has 34 heavy (non-hydrogen) atoms. The molecule has 1 unspecified atom stereocenters. The van der Waals surface area contributed by atoms with Gasteiger partial charge in [0.15, 0.2) is 11.6 Å². The molecule has 1 amide bonds. The van der Waals surface area contributed by atoms with Crippen molar-refractivity contribution in [1.29, 1.82) is 0 Å². The number of amides is 1. The minimum Gasteiger partial charge on any atom is -0.872 e. The van der Waals surface area contributed by atoms with Crippen LogP contribution in [0.2, 0.25) is 0 Å². The van der Waals surface area contributed by atoms with Crippen LogP contribution in [0.3, 0.4) is 0 Å². The Hall–Kier alpha value is -3.26. The second-order valence-electron chi connectivity index (χ2n) is 8.63. The lowest BCUT2D eigenvalue weighted by molar-refractivity contribution is -0.896. The fraction of sp³-hybridized carbons (Fsp3) is 0.423. The minimum atomic E-state index is -0.843. The minimum absolute atomic E-state index is 0.00162. The number of halogens is 1. The van der Waals surface area contributed by atoms with Gasteiger partial charge in [-0.3, -0.25) is 14.6 Å². The number of benzene rings is 1. The normalized spacial score (nSPS) is 17.7. The maximum absolute atomic E-state index is 14.6. The van der Waals surface area contributed by atoms with Crippen molar-refractivity contribution in [1.82, 2.24) is 9.88 Å². The highest BCUT2D eigenvalue weighted by Crippen LogP contribution is 2.38. The lowest BCUT2D eigenvalue weighted by Gasteiger charge is -2.28. The number of carbonyl (C=O) groups excluding carboxylic acids is 2. The molecule has 7 nitrogen and oxygen atoms in total. The molecule has 0 spiro atoms. The van der Waals surface area contributed by atoms with E-state index in [0.717, 1.165) is 25.7 Å². The molecule has 1 fully saturated rings. The average molecular weight is 470 g/mol. The van der Waals surface area contributed by atoms with Crippen molar-refractivity contribution < 1.29 is 28.7 Å². The predicted octanol–water partition coefficient (Wildman–Crippen LogP) is 1.55. The van der Waals surface area contributed by atoms with E-state index in [1.54, 1.807) is 38.4 Å². The van der Waals surface area contributed by atoms with Gasteiger partial charge in [-0.15, -0.1) is 0 Å². The third-order valence-corrected chi connectivity index (χ3v) is 6.04. The number of rotatable bonds is 10. The van der Waals surface area contributed by atoms with Crippen LogP contribution in [-0.4, -0.2) is 53.9 Å². The maximum atomic E-state index is 14.6. The van der Waals surface area contributed by atoms with Gasteiger partial charge in [-0.25, -0.2) is 4.39 Å². The standard InChI is InChI=1S/C26H32FN3O4/c1-5-29(6-2)14-7-15-30-23(18-10-12-28-13-11-18)22(25(32)26(30)33)24(31)19-8-9-21(20(27)16-19)34-17(3)4/h8-13,16-17,23,31H,5-7,14-15H2,1-4H3. The number of nitrogens with one attached hydrogen (secondary N) is 1. The van der Waals surface area contributed by atoms with Gasteiger partial charge in [0.25, 0.3) is 5.91 Å². The average Bonchev–Trinajstić information content (AvgIpc) is 3.08. The van der Waals surface area contributed by atoms with Crippen molar-refractivity contribution in [3.05, 3.63) is 65.2 Å². The van der Waals surface area contributed by atoms with Gasteiger partial charge in [-0.1, -0.05) is 11.8 Å². The van der Waals surface area contributed by atoms with Gasteiger partial charge in [-0.2, -0.15) is 0 Å². The SMILES string of the molecule is CC[NH+](CC)CCCN1C(=O)C(=O)C(=C([O-])c2ccc(OC(C)C)c(F)c2)C1c1ccncc1. The number of nitrogens with zero attached hydrogens (tertiary/aromatic N) is 2. The van der Waals surface area contributed by atoms with E-state index in [2.05, 4.69) is 18.8 Å². The van der Waals surface area contributed by atoms with E-state index in [0.29, 0.717) is 18.5 Å². The predicted molar refractivity (Wildman–Crippen MR) is 124 cm³/mol. The topological polar surface area (TPSA) is 87.0 Å². The maximum Gasteiger partial charge on any atom is 0.295 e. The van der Waals surface area contributed by atoms with Crippen LogP contribution in [0.1, 0.15) is 51.3 Å². The molecule has 1 N–H and O–H groups in total. The van der Waals surface area contributed by atoms with Crippen LogP contribution in [0.15, 0.2) is 48.3 Å². The Labute approximate surface area is 199 Å². The molecule has 1 aliphatic heterocycles. The molecule has 8 heteroatoms. The number of pyridine rings is 1. The molecule has 1 aromatic heterocycles. The van der Waals surface area contributed by atoms with Crippen molar-refractivity contribution in [3.8, 4) is 5.75 Å². The number of hydrogen-bond acceptors (Lipinski definition) is 5. The third kappa shape index (κ3) is 5.44. The van der Waals surface area contributed by atoms with Gasteiger partial charge >= 0.3 is 0 Å². The second-order valence-corrected chi connectivity index (χ2v) is 8.63. The smallest absolute Gasteiger partial charge is 0.295 e. The summed E-state index contributed by atoms with van der Waals surface area (Å²) in [7, 11) is 0. The third-order valence-electron chi connectivity index (χ3n) is 6.04. The quantitative estimate of drug-likeness (QED) is 0.324. The van der Waals surface area contributed by atoms with Crippen molar-refractivity contribution in [2.45, 2.75) is 46.3 Å². The zero-order valence-corrected chi connectivity index (χ0v) is 20.1. The largest absolute Gasteiger partial charge is 0.872 e. The van der Waals surface area contributed by atoms with Crippen LogP contribution in [0, 0.1) is 5.82 Å². The molecule has 1 atom stereocenters. The molecule has 0 bridgehead atoms. The molecular weight excluding hydrogens is 437 g/mol. The summed E-state index contributed by atoms with van der Waals surface area (Å²) in [6, 6.07) is 6.39. The monoisotopic (exact) mass is 469 g/mol. The van der Waals surface area contributed by atoms with E-state index in [-0.39, 0.29) is 23.0 Å². The zero-order valence-electron chi connectivity index (χ0n) is 20.1. The molecule has 0 aliphatic carbocycles. The summed E-state index contributed by atoms with van der Waals surface area (Å²) in [5.74, 6) is -2.88. The molecule has 1 saturated heterocycles. The molecule has 2 heterocycles. The number of quaternary nitrogens is 1. The van der Waals surface area contributed by atoms with Gasteiger partial charge in [0.2, 0.25) is 5.78 Å². The molecule has 182 valence electrons. The highest BCUT2D eigenvalue weighted by atomic mass is 19.1. The van der Waals surface area contributed by atoms with Gasteiger partial charge in [-0.05, 0) is 63.1 Å². The number of ketones is 1. The van der Waals surface area contributed by atoms with Crippen molar-refractivity contribution in [3.63, 3.8) is 0 Å². The molecule has 3 rings (SSSR count). The van der Waals surface area contributed by atoms with Gasteiger partial charge in [0, 0.05) is 30.9 Å². The first kappa shape index (κ1) is 25.4. The Bertz CT molecular complexity index is 1050. The Kier molecular flexibility index (Phi) is 8.39. The highest BCUT2D eigenvalue weighted by molar-refractivity contribution is 6.46. The van der Waals surface area contributed by atoms with E-state index in [4.69, 9.17) is 4.74 Å². The van der Waals surface area contributed by atoms with Crippen LogP contribution in [0.4, 0.5) is 4.39 Å². The first-order valence-corrected chi connectivity index (χ1v) is 11.7. The number of ether oxygens (including phenoxy) is 1. The lowest BCUT2D eigenvalue weighted by Crippen LogP contribution is -3.11. The van der Waals surface area contributed by atoms with E-state index in [1.807, 2.05) is 0 Å². The highest BCUT2D eigenvalue weighted by Gasteiger charge is 2.44. The van der Waals surface area contributed by atoms with E-state index in [1.165, 1.54) is 21.9 Å². The Balaban J connectivity index is 2.00. The summed E-state index contributed by atoms with van der Waals surface area (Å²) in [6.07, 6.45) is 3.57. The van der Waals surface area contributed by atoms with Crippen LogP contribution in [0.25, 0.3) is 5.76 Å². The summed E-state index contributed by atoms with van der Waals surface area (Å²) in [5.41, 5.74) is 0.453. The number of carbonyl (C=O) groups is 2. The van der Waals surface area contributed by atoms with Crippen molar-refractivity contribution in [2.24, 2.45) is 0 Å². The fourth-order valence-electron chi connectivity index (χ4n) is 4.24. The molecule has 0 radical (unpaired) electrons. The van der Waals surface area contributed by atoms with E-state index < -0.39 is 29.3 Å². The summed E-state index contributed by atoms with van der Waals surface area (Å²) >= 11 is 0. The van der Waals surface area contributed by atoms with E-state index >= 15 is 0 Å². The van der Waals surface area contributed by atoms with Crippen LogP contribution < -0.4 is 14.7 Å². The Morgan fingerprint density at radius 3 is 2.44 bits per heavy atom. The molecule has 1 aliphatic rings. The van der Waals surface area contributed by atoms with Gasteiger partial charge < -0.3 is 19.6 Å². The molecular formula is C26H32FN3O4. The molecule has 2 aromatic rings. The Morgan fingerprint density at radius 1 is 1.18 bits per heavy atom. The second kappa shape index (κ2) is 11.2. The number of hydrogen-bond donors (Lipinski definition) is 1. The van der Waals surface area contributed by atoms with Crippen molar-refractivity contribution in [2.75, 3.05) is 26.2 Å². The molecule has 0 saturated carbocycles. The van der Waals surface area contributed by atoms with Gasteiger partial charge in [0.05, 0.1) is 31.8 Å². The number of Topliss-reactive ketones (excluding diaryl/α,β-unsaturated/α-hetero) is 1. The summed E-state index contributed by atoms with van der Waals surface area (Å²) in [6.45, 7) is 10.9. The lowest BCUT2D eigenvalue weighted by atomic mass is 9.96. The zero-order chi connectivity index (χ0) is 24.8. The summed E-state index contributed by atoms with van der Waals surface area (Å²) in [5, 5.41) is 13.4. The van der Waals surface area contributed by atoms with Crippen LogP contribution >= 0.6 is 0 Å². The fourth-order valence-corrected chi connectivity index (χ4v) is 4.24. The van der Waals surface area contributed by atoms with Crippen molar-refractivity contribution >= 4 is 17.4 Å². The Morgan fingerprint density at radius 2 is 1.85 bits per heavy atom. The first-order valence-electron chi connectivity index (χ1n) is 11.7. The summed E-state index contributed by atoms with van der Waals surface area (Å²) < 4.78 is 20.0. The van der Waals surface area contributed by atoms with Gasteiger partial charge in [0.1, 0.15) is 0 Å². The van der Waals surface area contributed by atoms with E-state index in [9.17, 15) is 19.1 Å². The summed E-state index contributed by atoms with van der Waals surface area (Å²) in [4.78, 5) is 32.9. The number of aromatic nitrogens is 1. The number of likely N-dealkylation sites (tertiary alicyclic amines) is 1.